The van der Waals surface area contributed by atoms with Crippen molar-refractivity contribution in [1.29, 1.82) is 0 Å². The molecule has 3 aliphatic carbocycles. The molecule has 0 aromatic rings. The number of carbonyl (C=O) groups excluding carboxylic acids is 4. The number of allylic oxidation sites excluding steroid dienone is 6. The van der Waals surface area contributed by atoms with E-state index in [1.807, 2.05) is 53.7 Å². The summed E-state index contributed by atoms with van der Waals surface area (Å²) >= 11 is 0. The van der Waals surface area contributed by atoms with Crippen LogP contribution in [0.2, 0.25) is 0 Å². The predicted molar refractivity (Wildman–Crippen MR) is 191 cm³/mol. The van der Waals surface area contributed by atoms with Gasteiger partial charge in [-0.1, -0.05) is 62.3 Å². The Hall–Kier alpha value is -3.16. The van der Waals surface area contributed by atoms with Crippen LogP contribution in [0.5, 0.6) is 0 Å². The quantitative estimate of drug-likeness (QED) is 0.0994. The SMILES string of the molecule is CCOC(=O)/C(C(=O)C(C)(C)C)=C1/C=C(NCC2(C)CC(NC3=C/C(=C(/C(=O)OCC)C(=O)C(C)(C)C)CCC3)CC(C)(C)C2)CCC1. The summed E-state index contributed by atoms with van der Waals surface area (Å²) in [7, 11) is 0. The second-order valence-corrected chi connectivity index (χ2v) is 17.2. The first-order chi connectivity index (χ1) is 22.2. The van der Waals surface area contributed by atoms with Crippen LogP contribution >= 0.6 is 0 Å². The molecule has 3 rings (SSSR count). The maximum atomic E-state index is 13.4. The van der Waals surface area contributed by atoms with Crippen molar-refractivity contribution >= 4 is 23.5 Å². The highest BCUT2D eigenvalue weighted by atomic mass is 16.5. The van der Waals surface area contributed by atoms with Crippen LogP contribution < -0.4 is 10.6 Å². The maximum Gasteiger partial charge on any atom is 0.342 e. The van der Waals surface area contributed by atoms with E-state index in [1.165, 1.54) is 0 Å². The van der Waals surface area contributed by atoms with Crippen molar-refractivity contribution in [2.45, 2.75) is 140 Å². The molecule has 8 heteroatoms. The van der Waals surface area contributed by atoms with E-state index in [0.29, 0.717) is 12.8 Å². The number of rotatable bonds is 11. The van der Waals surface area contributed by atoms with E-state index in [-0.39, 0.29) is 52.8 Å². The van der Waals surface area contributed by atoms with Gasteiger partial charge in [0.15, 0.2) is 11.6 Å². The van der Waals surface area contributed by atoms with E-state index in [9.17, 15) is 19.2 Å². The Morgan fingerprint density at radius 1 is 0.729 bits per heavy atom. The number of hydrogen-bond acceptors (Lipinski definition) is 8. The molecule has 0 aromatic heterocycles. The van der Waals surface area contributed by atoms with Gasteiger partial charge in [-0.05, 0) is 106 Å². The number of hydrogen-bond donors (Lipinski definition) is 2. The standard InChI is InChI=1S/C40H62N2O6/c1-12-47-35(45)31(33(43)37(3,4)5)26-16-14-18-28(20-26)41-25-40(11)23-30(22-39(9,10)24-40)42-29-19-15-17-27(21-29)32(36(46)48-13-2)34(44)38(6,7)8/h20-21,30,41-42H,12-19,22-25H2,1-11H3/b31-26+,32-27+. The predicted octanol–water partition coefficient (Wildman–Crippen LogP) is 7.84. The van der Waals surface area contributed by atoms with Gasteiger partial charge in [0.05, 0.1) is 13.2 Å². The van der Waals surface area contributed by atoms with Crippen molar-refractivity contribution in [2.24, 2.45) is 21.7 Å². The van der Waals surface area contributed by atoms with E-state index < -0.39 is 22.8 Å². The molecule has 1 saturated carbocycles. The average Bonchev–Trinajstić information content (AvgIpc) is 2.95. The van der Waals surface area contributed by atoms with E-state index in [2.05, 4.69) is 31.4 Å². The normalized spacial score (nSPS) is 25.2. The Morgan fingerprint density at radius 3 is 1.65 bits per heavy atom. The van der Waals surface area contributed by atoms with Crippen LogP contribution in [-0.4, -0.2) is 49.3 Å². The lowest BCUT2D eigenvalue weighted by Gasteiger charge is -2.48. The van der Waals surface area contributed by atoms with Crippen molar-refractivity contribution in [3.63, 3.8) is 0 Å². The summed E-state index contributed by atoms with van der Waals surface area (Å²) < 4.78 is 10.7. The molecule has 2 N–H and O–H groups in total. The Bertz CT molecular complexity index is 1380. The van der Waals surface area contributed by atoms with Gasteiger partial charge in [-0.15, -0.1) is 0 Å². The van der Waals surface area contributed by atoms with Crippen LogP contribution in [0.15, 0.2) is 45.8 Å². The highest BCUT2D eigenvalue weighted by molar-refractivity contribution is 6.20. The van der Waals surface area contributed by atoms with Gasteiger partial charge in [-0.2, -0.15) is 0 Å². The fourth-order valence-electron chi connectivity index (χ4n) is 7.65. The highest BCUT2D eigenvalue weighted by Crippen LogP contribution is 2.46. The summed E-state index contributed by atoms with van der Waals surface area (Å²) in [6.45, 7) is 22.7. The summed E-state index contributed by atoms with van der Waals surface area (Å²) in [6.07, 6.45) is 11.8. The van der Waals surface area contributed by atoms with Crippen LogP contribution in [0, 0.1) is 21.7 Å². The van der Waals surface area contributed by atoms with Gasteiger partial charge in [-0.3, -0.25) is 9.59 Å². The topological polar surface area (TPSA) is 111 Å². The van der Waals surface area contributed by atoms with Crippen LogP contribution in [0.25, 0.3) is 0 Å². The smallest absolute Gasteiger partial charge is 0.342 e. The molecule has 2 unspecified atom stereocenters. The fraction of sp³-hybridized carbons (Fsp3) is 0.700. The van der Waals surface area contributed by atoms with Crippen molar-refractivity contribution in [2.75, 3.05) is 19.8 Å². The molecule has 0 aliphatic heterocycles. The van der Waals surface area contributed by atoms with Gasteiger partial charge < -0.3 is 20.1 Å². The second-order valence-electron chi connectivity index (χ2n) is 17.2. The number of ketones is 2. The van der Waals surface area contributed by atoms with E-state index in [4.69, 9.17) is 9.47 Å². The molecule has 0 amide bonds. The molecule has 0 spiro atoms. The number of ether oxygens (including phenoxy) is 2. The van der Waals surface area contributed by atoms with E-state index in [0.717, 1.165) is 74.0 Å². The zero-order valence-corrected chi connectivity index (χ0v) is 31.7. The van der Waals surface area contributed by atoms with Gasteiger partial charge in [0.25, 0.3) is 0 Å². The second kappa shape index (κ2) is 15.6. The number of esters is 2. The third-order valence-electron chi connectivity index (χ3n) is 9.47. The molecular weight excluding hydrogens is 604 g/mol. The molecule has 1 fully saturated rings. The van der Waals surface area contributed by atoms with Crippen LogP contribution in [0.4, 0.5) is 0 Å². The molecule has 0 bridgehead atoms. The van der Waals surface area contributed by atoms with Gasteiger partial charge in [0.1, 0.15) is 11.1 Å². The Balaban J connectivity index is 1.85. The van der Waals surface area contributed by atoms with E-state index >= 15 is 0 Å². The molecule has 268 valence electrons. The molecular formula is C40H62N2O6. The first kappa shape index (κ1) is 39.3. The Morgan fingerprint density at radius 2 is 1.19 bits per heavy atom. The minimum Gasteiger partial charge on any atom is -0.462 e. The third kappa shape index (κ3) is 10.4. The third-order valence-corrected chi connectivity index (χ3v) is 9.47. The molecule has 0 heterocycles. The Labute approximate surface area is 289 Å². The van der Waals surface area contributed by atoms with Gasteiger partial charge >= 0.3 is 11.9 Å². The number of nitrogens with one attached hydrogen (secondary N) is 2. The number of Topliss-reactive ketones (excluding diaryl/α,β-unsaturated/α-hetero) is 2. The summed E-state index contributed by atoms with van der Waals surface area (Å²) in [5.74, 6) is -1.44. The minimum absolute atomic E-state index is 0.0149. The molecule has 0 saturated heterocycles. The lowest BCUT2D eigenvalue weighted by molar-refractivity contribution is -0.142. The molecule has 0 radical (unpaired) electrons. The zero-order valence-electron chi connectivity index (χ0n) is 31.7. The molecule has 3 aliphatic rings. The Kier molecular flexibility index (Phi) is 12.8. The highest BCUT2D eigenvalue weighted by Gasteiger charge is 2.42. The maximum absolute atomic E-state index is 13.4. The first-order valence-electron chi connectivity index (χ1n) is 18.0. The summed E-state index contributed by atoms with van der Waals surface area (Å²) in [6, 6.07) is 0.228. The van der Waals surface area contributed by atoms with Gasteiger partial charge in [-0.25, -0.2) is 9.59 Å². The van der Waals surface area contributed by atoms with Crippen LogP contribution in [0.1, 0.15) is 134 Å². The monoisotopic (exact) mass is 666 g/mol. The fourth-order valence-corrected chi connectivity index (χ4v) is 7.65. The minimum atomic E-state index is -0.691. The lowest BCUT2D eigenvalue weighted by atomic mass is 9.62. The number of carbonyl (C=O) groups is 4. The average molecular weight is 667 g/mol. The van der Waals surface area contributed by atoms with Crippen molar-refractivity contribution in [3.05, 3.63) is 45.8 Å². The van der Waals surface area contributed by atoms with Crippen LogP contribution in [-0.2, 0) is 28.7 Å². The van der Waals surface area contributed by atoms with E-state index in [1.54, 1.807) is 13.8 Å². The van der Waals surface area contributed by atoms with Crippen molar-refractivity contribution < 1.29 is 28.7 Å². The first-order valence-corrected chi connectivity index (χ1v) is 18.0. The molecule has 0 aromatic carbocycles. The summed E-state index contributed by atoms with van der Waals surface area (Å²) in [5.41, 5.74) is 2.71. The molecule has 8 nitrogen and oxygen atoms in total. The molecule has 48 heavy (non-hydrogen) atoms. The summed E-state index contributed by atoms with van der Waals surface area (Å²) in [4.78, 5) is 52.7. The van der Waals surface area contributed by atoms with Gasteiger partial charge in [0, 0.05) is 34.8 Å². The zero-order chi connectivity index (χ0) is 36.1. The lowest BCUT2D eigenvalue weighted by Crippen LogP contribution is -2.48. The van der Waals surface area contributed by atoms with Crippen molar-refractivity contribution in [1.82, 2.24) is 10.6 Å². The summed E-state index contributed by atoms with van der Waals surface area (Å²) in [5, 5.41) is 7.56. The van der Waals surface area contributed by atoms with Gasteiger partial charge in [0.2, 0.25) is 0 Å². The molecule has 2 atom stereocenters. The largest absolute Gasteiger partial charge is 0.462 e. The van der Waals surface area contributed by atoms with Crippen molar-refractivity contribution in [3.8, 4) is 0 Å². The van der Waals surface area contributed by atoms with Crippen LogP contribution in [0.3, 0.4) is 0 Å².